The van der Waals surface area contributed by atoms with Crippen LogP contribution in [0.25, 0.3) is 0 Å². The number of rotatable bonds is 6. The normalized spacial score (nSPS) is 21.1. The number of hydrogen-bond acceptors (Lipinski definition) is 3. The molecule has 2 unspecified atom stereocenters. The first-order valence-electron chi connectivity index (χ1n) is 6.49. The number of hydrogen-bond donors (Lipinski definition) is 3. The van der Waals surface area contributed by atoms with Gasteiger partial charge >= 0.3 is 12.0 Å². The molecule has 18 heavy (non-hydrogen) atoms. The van der Waals surface area contributed by atoms with Gasteiger partial charge in [-0.2, -0.15) is 11.8 Å². The fourth-order valence-corrected chi connectivity index (χ4v) is 3.10. The van der Waals surface area contributed by atoms with Gasteiger partial charge in [0.2, 0.25) is 0 Å². The molecule has 0 spiro atoms. The molecule has 2 amide bonds. The van der Waals surface area contributed by atoms with Gasteiger partial charge in [-0.3, -0.25) is 4.79 Å². The number of carboxylic acid groups (broad SMARTS) is 1. The molecule has 0 saturated carbocycles. The fourth-order valence-electron chi connectivity index (χ4n) is 1.86. The summed E-state index contributed by atoms with van der Waals surface area (Å²) in [6.45, 7) is 2.66. The lowest BCUT2D eigenvalue weighted by Gasteiger charge is -2.21. The summed E-state index contributed by atoms with van der Waals surface area (Å²) in [6.07, 6.45) is 4.17. The van der Waals surface area contributed by atoms with Crippen LogP contribution >= 0.6 is 11.8 Å². The molecule has 1 aliphatic heterocycles. The number of carbonyl (C=O) groups excluding carboxylic acids is 1. The van der Waals surface area contributed by atoms with Crippen LogP contribution in [0.1, 0.15) is 32.6 Å². The summed E-state index contributed by atoms with van der Waals surface area (Å²) in [5.74, 6) is -0.189. The molecule has 1 fully saturated rings. The van der Waals surface area contributed by atoms with E-state index in [0.717, 1.165) is 6.42 Å². The van der Waals surface area contributed by atoms with Crippen molar-refractivity contribution in [1.29, 1.82) is 0 Å². The van der Waals surface area contributed by atoms with E-state index in [9.17, 15) is 9.59 Å². The number of carboxylic acids is 1. The van der Waals surface area contributed by atoms with E-state index in [0.29, 0.717) is 18.2 Å². The topological polar surface area (TPSA) is 78.4 Å². The molecule has 3 N–H and O–H groups in total. The third-order valence-corrected chi connectivity index (χ3v) is 4.51. The highest BCUT2D eigenvalue weighted by atomic mass is 32.2. The lowest BCUT2D eigenvalue weighted by molar-refractivity contribution is -0.141. The number of amides is 2. The average molecular weight is 274 g/mol. The zero-order valence-corrected chi connectivity index (χ0v) is 11.6. The summed E-state index contributed by atoms with van der Waals surface area (Å²) in [5.41, 5.74) is 0. The molecule has 6 heteroatoms. The van der Waals surface area contributed by atoms with Crippen molar-refractivity contribution in [3.63, 3.8) is 0 Å². The Kier molecular flexibility index (Phi) is 6.93. The standard InChI is InChI=1S/C12H22N2O3S/c1-2-9(11(15)16)7-13-12(17)14-8-10-5-3-4-6-18-10/h9-10H,2-8H2,1H3,(H,15,16)(H2,13,14,17). The largest absolute Gasteiger partial charge is 0.481 e. The van der Waals surface area contributed by atoms with Crippen molar-refractivity contribution in [3.05, 3.63) is 0 Å². The highest BCUT2D eigenvalue weighted by Gasteiger charge is 2.17. The second-order valence-electron chi connectivity index (χ2n) is 4.52. The monoisotopic (exact) mass is 274 g/mol. The lowest BCUT2D eigenvalue weighted by atomic mass is 10.1. The van der Waals surface area contributed by atoms with Crippen LogP contribution in [0.2, 0.25) is 0 Å². The molecule has 2 atom stereocenters. The van der Waals surface area contributed by atoms with Crippen LogP contribution in [-0.2, 0) is 4.79 Å². The maximum Gasteiger partial charge on any atom is 0.314 e. The number of thioether (sulfide) groups is 1. The second kappa shape index (κ2) is 8.24. The van der Waals surface area contributed by atoms with Crippen molar-refractivity contribution >= 4 is 23.8 Å². The molecule has 1 heterocycles. The highest BCUT2D eigenvalue weighted by molar-refractivity contribution is 7.99. The van der Waals surface area contributed by atoms with Crippen LogP contribution in [0.3, 0.4) is 0 Å². The molecule has 0 aromatic heterocycles. The predicted octanol–water partition coefficient (Wildman–Crippen LogP) is 1.68. The smallest absolute Gasteiger partial charge is 0.314 e. The highest BCUT2D eigenvalue weighted by Crippen LogP contribution is 2.24. The van der Waals surface area contributed by atoms with Crippen LogP contribution < -0.4 is 10.6 Å². The summed E-state index contributed by atoms with van der Waals surface area (Å²) in [4.78, 5) is 22.3. The first-order valence-corrected chi connectivity index (χ1v) is 7.54. The van der Waals surface area contributed by atoms with Gasteiger partial charge in [0.25, 0.3) is 0 Å². The van der Waals surface area contributed by atoms with Gasteiger partial charge in [-0.25, -0.2) is 4.79 Å². The molecule has 1 aliphatic rings. The van der Waals surface area contributed by atoms with Crippen molar-refractivity contribution in [1.82, 2.24) is 10.6 Å². The van der Waals surface area contributed by atoms with Gasteiger partial charge in [0.1, 0.15) is 0 Å². The molecule has 104 valence electrons. The van der Waals surface area contributed by atoms with Gasteiger partial charge in [-0.1, -0.05) is 13.3 Å². The van der Waals surface area contributed by atoms with Gasteiger partial charge in [0.05, 0.1) is 5.92 Å². The summed E-state index contributed by atoms with van der Waals surface area (Å²) in [6, 6.07) is -0.263. The van der Waals surface area contributed by atoms with Gasteiger partial charge in [0.15, 0.2) is 0 Å². The van der Waals surface area contributed by atoms with Crippen molar-refractivity contribution in [2.24, 2.45) is 5.92 Å². The van der Waals surface area contributed by atoms with E-state index >= 15 is 0 Å². The minimum absolute atomic E-state index is 0.190. The molecular weight excluding hydrogens is 252 g/mol. The van der Waals surface area contributed by atoms with E-state index in [4.69, 9.17) is 5.11 Å². The number of carbonyl (C=O) groups is 2. The zero-order chi connectivity index (χ0) is 13.4. The Morgan fingerprint density at radius 1 is 1.39 bits per heavy atom. The summed E-state index contributed by atoms with van der Waals surface area (Å²) >= 11 is 1.90. The maximum absolute atomic E-state index is 11.5. The quantitative estimate of drug-likeness (QED) is 0.688. The Balaban J connectivity index is 2.14. The second-order valence-corrected chi connectivity index (χ2v) is 5.93. The number of nitrogens with one attached hydrogen (secondary N) is 2. The predicted molar refractivity (Wildman–Crippen MR) is 72.9 cm³/mol. The van der Waals surface area contributed by atoms with E-state index < -0.39 is 11.9 Å². The van der Waals surface area contributed by atoms with Crippen molar-refractivity contribution in [2.45, 2.75) is 37.9 Å². The average Bonchev–Trinajstić information content (AvgIpc) is 2.38. The SMILES string of the molecule is CCC(CNC(=O)NCC1CCCCS1)C(=O)O. The molecule has 0 aromatic rings. The number of aliphatic carboxylic acids is 1. The summed E-state index contributed by atoms with van der Waals surface area (Å²) in [5, 5.41) is 14.8. The van der Waals surface area contributed by atoms with Crippen LogP contribution in [0.15, 0.2) is 0 Å². The van der Waals surface area contributed by atoms with Crippen LogP contribution in [-0.4, -0.2) is 41.2 Å². The summed E-state index contributed by atoms with van der Waals surface area (Å²) < 4.78 is 0. The Labute approximate surface area is 112 Å². The van der Waals surface area contributed by atoms with Crippen LogP contribution in [0.4, 0.5) is 4.79 Å². The molecule has 5 nitrogen and oxygen atoms in total. The Bertz CT molecular complexity index is 280. The van der Waals surface area contributed by atoms with E-state index in [2.05, 4.69) is 10.6 Å². The van der Waals surface area contributed by atoms with Crippen molar-refractivity contribution in [2.75, 3.05) is 18.8 Å². The van der Waals surface area contributed by atoms with E-state index in [1.807, 2.05) is 11.8 Å². The Hall–Kier alpha value is -0.910. The first kappa shape index (κ1) is 15.1. The van der Waals surface area contributed by atoms with Gasteiger partial charge in [-0.05, 0) is 25.0 Å². The van der Waals surface area contributed by atoms with E-state index in [-0.39, 0.29) is 12.6 Å². The minimum Gasteiger partial charge on any atom is -0.481 e. The molecule has 0 bridgehead atoms. The molecule has 1 rings (SSSR count). The maximum atomic E-state index is 11.5. The Morgan fingerprint density at radius 2 is 2.17 bits per heavy atom. The molecule has 0 aliphatic carbocycles. The van der Waals surface area contributed by atoms with E-state index in [1.54, 1.807) is 6.92 Å². The molecule has 0 radical (unpaired) electrons. The number of urea groups is 1. The first-order chi connectivity index (χ1) is 8.63. The third kappa shape index (κ3) is 5.62. The summed E-state index contributed by atoms with van der Waals surface area (Å²) in [7, 11) is 0. The molecule has 0 aromatic carbocycles. The van der Waals surface area contributed by atoms with Gasteiger partial charge < -0.3 is 15.7 Å². The van der Waals surface area contributed by atoms with Gasteiger partial charge in [-0.15, -0.1) is 0 Å². The molecular formula is C12H22N2O3S. The van der Waals surface area contributed by atoms with Crippen molar-refractivity contribution < 1.29 is 14.7 Å². The lowest BCUT2D eigenvalue weighted by Crippen LogP contribution is -2.42. The van der Waals surface area contributed by atoms with Crippen molar-refractivity contribution in [3.8, 4) is 0 Å². The third-order valence-electron chi connectivity index (χ3n) is 3.12. The minimum atomic E-state index is -0.861. The zero-order valence-electron chi connectivity index (χ0n) is 10.8. The Morgan fingerprint density at radius 3 is 2.72 bits per heavy atom. The fraction of sp³-hybridized carbons (Fsp3) is 0.833. The van der Waals surface area contributed by atoms with Crippen LogP contribution in [0.5, 0.6) is 0 Å². The van der Waals surface area contributed by atoms with E-state index in [1.165, 1.54) is 18.6 Å². The van der Waals surface area contributed by atoms with Gasteiger partial charge in [0, 0.05) is 18.3 Å². The van der Waals surface area contributed by atoms with Crippen LogP contribution in [0, 0.1) is 5.92 Å². The molecule has 1 saturated heterocycles.